The second-order valence-electron chi connectivity index (χ2n) is 7.42. The Labute approximate surface area is 166 Å². The Kier molecular flexibility index (Phi) is 5.20. The monoisotopic (exact) mass is 403 g/mol. The van der Waals surface area contributed by atoms with E-state index in [0.29, 0.717) is 11.5 Å². The SMILES string of the molecule is COc1cc2ncnc(N3CCC4(CC3)CCN(S(=O)C=N)C4)c2cc1OC. The number of piperidine rings is 1. The van der Waals surface area contributed by atoms with Crippen molar-refractivity contribution in [2.45, 2.75) is 19.3 Å². The van der Waals surface area contributed by atoms with Gasteiger partial charge in [0.15, 0.2) is 11.5 Å². The first-order valence-electron chi connectivity index (χ1n) is 9.37. The van der Waals surface area contributed by atoms with Crippen molar-refractivity contribution in [3.63, 3.8) is 0 Å². The molecule has 1 unspecified atom stereocenters. The van der Waals surface area contributed by atoms with E-state index in [1.54, 1.807) is 20.5 Å². The van der Waals surface area contributed by atoms with Crippen molar-refractivity contribution >= 4 is 33.3 Å². The van der Waals surface area contributed by atoms with Gasteiger partial charge in [-0.3, -0.25) is 5.41 Å². The van der Waals surface area contributed by atoms with Gasteiger partial charge in [0.1, 0.15) is 23.1 Å². The molecule has 2 aromatic rings. The lowest BCUT2D eigenvalue weighted by Gasteiger charge is -2.40. The summed E-state index contributed by atoms with van der Waals surface area (Å²) in [4.78, 5) is 11.3. The molecule has 0 radical (unpaired) electrons. The third-order valence-corrected chi connectivity index (χ3v) is 7.02. The van der Waals surface area contributed by atoms with Crippen LogP contribution in [-0.2, 0) is 11.0 Å². The molecule has 150 valence electrons. The summed E-state index contributed by atoms with van der Waals surface area (Å²) in [6, 6.07) is 3.82. The minimum Gasteiger partial charge on any atom is -0.493 e. The standard InChI is InChI=1S/C19H25N5O3S/c1-26-16-9-14-15(10-17(16)27-2)21-13-22-18(14)23-6-3-19(4-7-23)5-8-24(11-19)28(25)12-20/h9-10,12-13,20H,3-8,11H2,1-2H3. The van der Waals surface area contributed by atoms with Gasteiger partial charge < -0.3 is 14.4 Å². The number of fused-ring (bicyclic) bond motifs is 1. The molecule has 0 saturated carbocycles. The summed E-state index contributed by atoms with van der Waals surface area (Å²) in [7, 11) is 1.96. The van der Waals surface area contributed by atoms with Gasteiger partial charge in [-0.1, -0.05) is 0 Å². The molecule has 8 nitrogen and oxygen atoms in total. The lowest BCUT2D eigenvalue weighted by Crippen LogP contribution is -2.42. The van der Waals surface area contributed by atoms with Crippen molar-refractivity contribution in [2.75, 3.05) is 45.3 Å². The predicted molar refractivity (Wildman–Crippen MR) is 110 cm³/mol. The second-order valence-corrected chi connectivity index (χ2v) is 8.72. The highest BCUT2D eigenvalue weighted by molar-refractivity contribution is 7.96. The highest BCUT2D eigenvalue weighted by atomic mass is 32.2. The molecule has 0 aliphatic carbocycles. The van der Waals surface area contributed by atoms with Gasteiger partial charge in [-0.25, -0.2) is 18.5 Å². The molecule has 4 rings (SSSR count). The first kappa shape index (κ1) is 19.1. The summed E-state index contributed by atoms with van der Waals surface area (Å²) < 4.78 is 24.7. The number of benzene rings is 1. The zero-order valence-corrected chi connectivity index (χ0v) is 17.0. The molecular formula is C19H25N5O3S. The van der Waals surface area contributed by atoms with Crippen LogP contribution in [0.25, 0.3) is 10.9 Å². The number of rotatable bonds is 5. The van der Waals surface area contributed by atoms with Crippen LogP contribution in [0.1, 0.15) is 19.3 Å². The van der Waals surface area contributed by atoms with Crippen LogP contribution in [0, 0.1) is 10.8 Å². The van der Waals surface area contributed by atoms with Gasteiger partial charge in [0.05, 0.1) is 25.3 Å². The molecule has 2 aliphatic rings. The fraction of sp³-hybridized carbons (Fsp3) is 0.526. The summed E-state index contributed by atoms with van der Waals surface area (Å²) in [5.74, 6) is 2.24. The molecule has 28 heavy (non-hydrogen) atoms. The van der Waals surface area contributed by atoms with Gasteiger partial charge in [-0.05, 0) is 30.7 Å². The first-order valence-corrected chi connectivity index (χ1v) is 10.5. The molecule has 1 atom stereocenters. The van der Waals surface area contributed by atoms with Crippen LogP contribution in [0.5, 0.6) is 11.5 Å². The number of nitrogens with one attached hydrogen (secondary N) is 1. The second kappa shape index (κ2) is 7.63. The number of hydrogen-bond donors (Lipinski definition) is 1. The van der Waals surface area contributed by atoms with E-state index >= 15 is 0 Å². The number of hydrogen-bond acceptors (Lipinski definition) is 7. The summed E-state index contributed by atoms with van der Waals surface area (Å²) in [6.07, 6.45) is 4.68. The van der Waals surface area contributed by atoms with Crippen molar-refractivity contribution in [2.24, 2.45) is 5.41 Å². The van der Waals surface area contributed by atoms with Crippen LogP contribution >= 0.6 is 0 Å². The molecule has 1 aromatic heterocycles. The summed E-state index contributed by atoms with van der Waals surface area (Å²) in [5.41, 5.74) is 2.05. The Morgan fingerprint density at radius 1 is 1.11 bits per heavy atom. The Balaban J connectivity index is 1.56. The Hall–Kier alpha value is -2.26. The molecule has 9 heteroatoms. The van der Waals surface area contributed by atoms with Crippen LogP contribution in [0.3, 0.4) is 0 Å². The van der Waals surface area contributed by atoms with E-state index in [2.05, 4.69) is 14.9 Å². The van der Waals surface area contributed by atoms with Crippen LogP contribution < -0.4 is 14.4 Å². The number of aromatic nitrogens is 2. The molecule has 3 heterocycles. The Morgan fingerprint density at radius 2 is 1.79 bits per heavy atom. The zero-order valence-electron chi connectivity index (χ0n) is 16.2. The smallest absolute Gasteiger partial charge is 0.162 e. The summed E-state index contributed by atoms with van der Waals surface area (Å²) >= 11 is 0. The maximum atomic E-state index is 11.9. The van der Waals surface area contributed by atoms with Crippen LogP contribution in [0.15, 0.2) is 18.5 Å². The molecule has 2 saturated heterocycles. The quantitative estimate of drug-likeness (QED) is 0.608. The fourth-order valence-electron chi connectivity index (χ4n) is 4.34. The van der Waals surface area contributed by atoms with Crippen molar-refractivity contribution in [3.05, 3.63) is 18.5 Å². The molecule has 2 aliphatic heterocycles. The molecule has 0 amide bonds. The Bertz CT molecular complexity index is 914. The average molecular weight is 404 g/mol. The third kappa shape index (κ3) is 3.33. The molecule has 0 bridgehead atoms. The van der Waals surface area contributed by atoms with E-state index in [-0.39, 0.29) is 5.41 Å². The van der Waals surface area contributed by atoms with Crippen LogP contribution in [0.4, 0.5) is 5.82 Å². The predicted octanol–water partition coefficient (Wildman–Crippen LogP) is 2.21. The summed E-state index contributed by atoms with van der Waals surface area (Å²) in [6.45, 7) is 3.39. The van der Waals surface area contributed by atoms with E-state index in [1.165, 1.54) is 0 Å². The van der Waals surface area contributed by atoms with Crippen LogP contribution in [0.2, 0.25) is 0 Å². The van der Waals surface area contributed by atoms with Crippen molar-refractivity contribution in [1.82, 2.24) is 14.3 Å². The molecule has 1 N–H and O–H groups in total. The number of anilines is 1. The van der Waals surface area contributed by atoms with E-state index < -0.39 is 11.0 Å². The van der Waals surface area contributed by atoms with Gasteiger partial charge >= 0.3 is 0 Å². The fourth-order valence-corrected chi connectivity index (χ4v) is 5.17. The third-order valence-electron chi connectivity index (χ3n) is 6.00. The molecular weight excluding hydrogens is 378 g/mol. The maximum Gasteiger partial charge on any atom is 0.162 e. The van der Waals surface area contributed by atoms with Gasteiger partial charge in [0, 0.05) is 37.6 Å². The van der Waals surface area contributed by atoms with Crippen LogP contribution in [-0.4, -0.2) is 64.4 Å². The molecule has 1 aromatic carbocycles. The molecule has 2 fully saturated rings. The maximum absolute atomic E-state index is 11.9. The highest BCUT2D eigenvalue weighted by Crippen LogP contribution is 2.42. The van der Waals surface area contributed by atoms with Crippen molar-refractivity contribution in [1.29, 1.82) is 5.41 Å². The number of ether oxygens (including phenoxy) is 2. The minimum atomic E-state index is -1.29. The van der Waals surface area contributed by atoms with Gasteiger partial charge in [-0.2, -0.15) is 0 Å². The average Bonchev–Trinajstić information content (AvgIpc) is 3.15. The van der Waals surface area contributed by atoms with E-state index in [9.17, 15) is 4.21 Å². The largest absolute Gasteiger partial charge is 0.493 e. The van der Waals surface area contributed by atoms with E-state index in [4.69, 9.17) is 14.9 Å². The number of methoxy groups -OCH3 is 2. The lowest BCUT2D eigenvalue weighted by molar-refractivity contribution is 0.236. The van der Waals surface area contributed by atoms with Crippen molar-refractivity contribution < 1.29 is 13.7 Å². The summed E-state index contributed by atoms with van der Waals surface area (Å²) in [5, 5.41) is 8.20. The van der Waals surface area contributed by atoms with Gasteiger partial charge in [-0.15, -0.1) is 0 Å². The van der Waals surface area contributed by atoms with E-state index in [0.717, 1.165) is 67.7 Å². The van der Waals surface area contributed by atoms with Gasteiger partial charge in [0.2, 0.25) is 0 Å². The normalized spacial score (nSPS) is 20.4. The van der Waals surface area contributed by atoms with Crippen molar-refractivity contribution in [3.8, 4) is 11.5 Å². The van der Waals surface area contributed by atoms with Gasteiger partial charge in [0.25, 0.3) is 0 Å². The van der Waals surface area contributed by atoms with E-state index in [1.807, 2.05) is 16.4 Å². The minimum absolute atomic E-state index is 0.193. The highest BCUT2D eigenvalue weighted by Gasteiger charge is 2.42. The lowest BCUT2D eigenvalue weighted by atomic mass is 9.78. The first-order chi connectivity index (χ1) is 13.6. The Morgan fingerprint density at radius 3 is 2.46 bits per heavy atom. The number of nitrogens with zero attached hydrogens (tertiary/aromatic N) is 4. The topological polar surface area (TPSA) is 91.6 Å². The molecule has 1 spiro atoms. The zero-order chi connectivity index (χ0) is 19.7.